The van der Waals surface area contributed by atoms with Crippen molar-refractivity contribution in [2.75, 3.05) is 60.7 Å². The third-order valence-electron chi connectivity index (χ3n) is 5.93. The molecule has 28 heavy (non-hydrogen) atoms. The first kappa shape index (κ1) is 20.9. The van der Waals surface area contributed by atoms with E-state index in [0.717, 1.165) is 70.0 Å². The topological polar surface area (TPSA) is 55.3 Å². The Balaban J connectivity index is 1.57. The zero-order valence-corrected chi connectivity index (χ0v) is 17.6. The average molecular weight is 390 g/mol. The van der Waals surface area contributed by atoms with Gasteiger partial charge in [-0.25, -0.2) is 0 Å². The van der Waals surface area contributed by atoms with E-state index in [1.165, 1.54) is 18.4 Å². The van der Waals surface area contributed by atoms with Gasteiger partial charge >= 0.3 is 0 Å². The third-order valence-corrected chi connectivity index (χ3v) is 5.93. The van der Waals surface area contributed by atoms with Gasteiger partial charge in [0.05, 0.1) is 13.7 Å². The van der Waals surface area contributed by atoms with E-state index in [1.807, 2.05) is 19.2 Å². The zero-order valence-electron chi connectivity index (χ0n) is 17.6. The molecule has 156 valence electrons. The molecule has 1 saturated carbocycles. The SMILES string of the molecule is CN=C(NCC1(c2ccc(OC)cc2)CCOCC1)N(C)CCOCC1CC1. The number of rotatable bonds is 9. The molecule has 0 atom stereocenters. The molecule has 6 nitrogen and oxygen atoms in total. The van der Waals surface area contributed by atoms with Gasteiger partial charge in [0.25, 0.3) is 0 Å². The number of likely N-dealkylation sites (N-methyl/N-ethyl adjacent to an activating group) is 1. The van der Waals surface area contributed by atoms with Crippen molar-refractivity contribution >= 4 is 5.96 Å². The highest BCUT2D eigenvalue weighted by molar-refractivity contribution is 5.79. The maximum Gasteiger partial charge on any atom is 0.193 e. The highest BCUT2D eigenvalue weighted by atomic mass is 16.5. The molecule has 0 unspecified atom stereocenters. The maximum atomic E-state index is 5.78. The van der Waals surface area contributed by atoms with Gasteiger partial charge in [-0.1, -0.05) is 12.1 Å². The molecule has 2 fully saturated rings. The number of ether oxygens (including phenoxy) is 3. The summed E-state index contributed by atoms with van der Waals surface area (Å²) in [6.45, 7) is 4.90. The Morgan fingerprint density at radius 1 is 1.25 bits per heavy atom. The second-order valence-electron chi connectivity index (χ2n) is 7.96. The van der Waals surface area contributed by atoms with Crippen LogP contribution in [0.15, 0.2) is 29.3 Å². The van der Waals surface area contributed by atoms with Crippen LogP contribution in [0.1, 0.15) is 31.2 Å². The fraction of sp³-hybridized carbons (Fsp3) is 0.682. The predicted molar refractivity (Wildman–Crippen MR) is 112 cm³/mol. The molecule has 1 aromatic rings. The van der Waals surface area contributed by atoms with Crippen LogP contribution in [0, 0.1) is 5.92 Å². The molecular weight excluding hydrogens is 354 g/mol. The van der Waals surface area contributed by atoms with Gasteiger partial charge in [-0.3, -0.25) is 4.99 Å². The monoisotopic (exact) mass is 389 g/mol. The van der Waals surface area contributed by atoms with Crippen LogP contribution >= 0.6 is 0 Å². The van der Waals surface area contributed by atoms with Crippen molar-refractivity contribution < 1.29 is 14.2 Å². The number of nitrogens with zero attached hydrogens (tertiary/aromatic N) is 2. The molecule has 1 aliphatic carbocycles. The third kappa shape index (κ3) is 5.61. The second-order valence-corrected chi connectivity index (χ2v) is 7.96. The van der Waals surface area contributed by atoms with Crippen LogP contribution in [-0.4, -0.2) is 71.6 Å². The van der Waals surface area contributed by atoms with Crippen LogP contribution in [0.2, 0.25) is 0 Å². The zero-order chi connectivity index (χ0) is 19.8. The van der Waals surface area contributed by atoms with Crippen LogP contribution in [0.3, 0.4) is 0 Å². The van der Waals surface area contributed by atoms with Crippen molar-refractivity contribution in [1.82, 2.24) is 10.2 Å². The van der Waals surface area contributed by atoms with Gasteiger partial charge in [0.15, 0.2) is 5.96 Å². The summed E-state index contributed by atoms with van der Waals surface area (Å²) in [6, 6.07) is 8.46. The van der Waals surface area contributed by atoms with Crippen LogP contribution < -0.4 is 10.1 Å². The molecule has 6 heteroatoms. The van der Waals surface area contributed by atoms with Crippen LogP contribution in [0.5, 0.6) is 5.75 Å². The summed E-state index contributed by atoms with van der Waals surface area (Å²) in [6.07, 6.45) is 4.65. The van der Waals surface area contributed by atoms with E-state index in [1.54, 1.807) is 7.11 Å². The van der Waals surface area contributed by atoms with Gasteiger partial charge in [0.2, 0.25) is 0 Å². The molecule has 2 aliphatic rings. The number of guanidine groups is 1. The summed E-state index contributed by atoms with van der Waals surface area (Å²) in [4.78, 5) is 6.62. The Bertz CT molecular complexity index is 622. The fourth-order valence-electron chi connectivity index (χ4n) is 3.75. The quantitative estimate of drug-likeness (QED) is 0.400. The Labute approximate surface area is 169 Å². The fourth-order valence-corrected chi connectivity index (χ4v) is 3.75. The van der Waals surface area contributed by atoms with Crippen LogP contribution in [0.4, 0.5) is 0 Å². The number of hydrogen-bond donors (Lipinski definition) is 1. The molecule has 0 spiro atoms. The number of hydrogen-bond acceptors (Lipinski definition) is 4. The molecule has 1 saturated heterocycles. The lowest BCUT2D eigenvalue weighted by Crippen LogP contribution is -2.49. The van der Waals surface area contributed by atoms with E-state index in [-0.39, 0.29) is 5.41 Å². The number of aliphatic imine (C=N–C) groups is 1. The molecule has 1 N–H and O–H groups in total. The van der Waals surface area contributed by atoms with E-state index in [2.05, 4.69) is 34.4 Å². The Morgan fingerprint density at radius 3 is 2.57 bits per heavy atom. The lowest BCUT2D eigenvalue weighted by Gasteiger charge is -2.39. The smallest absolute Gasteiger partial charge is 0.193 e. The lowest BCUT2D eigenvalue weighted by molar-refractivity contribution is 0.0511. The van der Waals surface area contributed by atoms with Gasteiger partial charge in [0.1, 0.15) is 5.75 Å². The number of methoxy groups -OCH3 is 1. The standard InChI is InChI=1S/C22H35N3O3/c1-23-21(25(2)12-15-28-16-18-4-5-18)24-17-22(10-13-27-14-11-22)19-6-8-20(26-3)9-7-19/h6-9,18H,4-5,10-17H2,1-3H3,(H,23,24). The van der Waals surface area contributed by atoms with E-state index in [4.69, 9.17) is 14.2 Å². The summed E-state index contributed by atoms with van der Waals surface area (Å²) in [5, 5.41) is 3.60. The summed E-state index contributed by atoms with van der Waals surface area (Å²) < 4.78 is 16.8. The van der Waals surface area contributed by atoms with Crippen molar-refractivity contribution in [3.63, 3.8) is 0 Å². The first-order chi connectivity index (χ1) is 13.7. The summed E-state index contributed by atoms with van der Waals surface area (Å²) in [7, 11) is 5.61. The van der Waals surface area contributed by atoms with Crippen molar-refractivity contribution in [2.45, 2.75) is 31.1 Å². The number of benzene rings is 1. The van der Waals surface area contributed by atoms with Gasteiger partial charge in [-0.05, 0) is 49.3 Å². The Morgan fingerprint density at radius 2 is 1.96 bits per heavy atom. The minimum Gasteiger partial charge on any atom is -0.497 e. The van der Waals surface area contributed by atoms with E-state index >= 15 is 0 Å². The molecule has 0 amide bonds. The first-order valence-electron chi connectivity index (χ1n) is 10.4. The Hall–Kier alpha value is -1.79. The summed E-state index contributed by atoms with van der Waals surface area (Å²) in [5.74, 6) is 2.61. The van der Waals surface area contributed by atoms with Crippen molar-refractivity contribution in [2.24, 2.45) is 10.9 Å². The highest BCUT2D eigenvalue weighted by Gasteiger charge is 2.35. The molecule has 1 aromatic carbocycles. The van der Waals surface area contributed by atoms with Gasteiger partial charge in [-0.2, -0.15) is 0 Å². The summed E-state index contributed by atoms with van der Waals surface area (Å²) >= 11 is 0. The molecule has 0 radical (unpaired) electrons. The van der Waals surface area contributed by atoms with E-state index < -0.39 is 0 Å². The number of nitrogens with one attached hydrogen (secondary N) is 1. The highest BCUT2D eigenvalue weighted by Crippen LogP contribution is 2.35. The average Bonchev–Trinajstić information content (AvgIpc) is 3.57. The van der Waals surface area contributed by atoms with Crippen LogP contribution in [0.25, 0.3) is 0 Å². The van der Waals surface area contributed by atoms with Gasteiger partial charge in [0, 0.05) is 52.4 Å². The molecule has 1 heterocycles. The first-order valence-corrected chi connectivity index (χ1v) is 10.4. The van der Waals surface area contributed by atoms with Crippen molar-refractivity contribution in [3.05, 3.63) is 29.8 Å². The molecule has 0 bridgehead atoms. The van der Waals surface area contributed by atoms with Crippen molar-refractivity contribution in [1.29, 1.82) is 0 Å². The Kier molecular flexibility index (Phi) is 7.57. The minimum atomic E-state index is 0.0454. The molecule has 0 aromatic heterocycles. The normalized spacial score (nSPS) is 19.3. The lowest BCUT2D eigenvalue weighted by atomic mass is 9.74. The largest absolute Gasteiger partial charge is 0.497 e. The van der Waals surface area contributed by atoms with Gasteiger partial charge < -0.3 is 24.4 Å². The van der Waals surface area contributed by atoms with E-state index in [9.17, 15) is 0 Å². The summed E-state index contributed by atoms with van der Waals surface area (Å²) in [5.41, 5.74) is 1.37. The second kappa shape index (κ2) is 10.1. The predicted octanol–water partition coefficient (Wildman–Crippen LogP) is 2.68. The van der Waals surface area contributed by atoms with E-state index in [0.29, 0.717) is 0 Å². The van der Waals surface area contributed by atoms with Crippen molar-refractivity contribution in [3.8, 4) is 5.75 Å². The minimum absolute atomic E-state index is 0.0454. The van der Waals surface area contributed by atoms with Gasteiger partial charge in [-0.15, -0.1) is 0 Å². The molecule has 3 rings (SSSR count). The molecule has 1 aliphatic heterocycles. The molecular formula is C22H35N3O3. The van der Waals surface area contributed by atoms with Crippen LogP contribution in [-0.2, 0) is 14.9 Å². The maximum absolute atomic E-state index is 5.78.